The van der Waals surface area contributed by atoms with Crippen LogP contribution in [-0.2, 0) is 16.2 Å². The SMILES string of the molecule is O=S(=O)(Nc1cc(Cl)ccc1F)c1cccc(C(F)(F)F)c1. The molecule has 0 aliphatic carbocycles. The summed E-state index contributed by atoms with van der Waals surface area (Å²) in [6, 6.07) is 6.28. The van der Waals surface area contributed by atoms with Gasteiger partial charge in [-0.05, 0) is 36.4 Å². The molecule has 2 aromatic rings. The van der Waals surface area contributed by atoms with Crippen LogP contribution in [0.25, 0.3) is 0 Å². The van der Waals surface area contributed by atoms with Crippen LogP contribution in [0.1, 0.15) is 5.56 Å². The number of hydrogen-bond donors (Lipinski definition) is 1. The maximum atomic E-state index is 13.5. The van der Waals surface area contributed by atoms with Crippen LogP contribution >= 0.6 is 11.6 Å². The van der Waals surface area contributed by atoms with Crippen LogP contribution < -0.4 is 4.72 Å². The van der Waals surface area contributed by atoms with Gasteiger partial charge in [-0.1, -0.05) is 17.7 Å². The minimum absolute atomic E-state index is 0.0724. The van der Waals surface area contributed by atoms with Crippen molar-refractivity contribution in [2.75, 3.05) is 4.72 Å². The van der Waals surface area contributed by atoms with Gasteiger partial charge in [-0.25, -0.2) is 12.8 Å². The van der Waals surface area contributed by atoms with Crippen molar-refractivity contribution < 1.29 is 26.0 Å². The van der Waals surface area contributed by atoms with Crippen molar-refractivity contribution in [3.8, 4) is 0 Å². The fourth-order valence-corrected chi connectivity index (χ4v) is 2.89. The maximum Gasteiger partial charge on any atom is 0.416 e. The monoisotopic (exact) mass is 353 g/mol. The van der Waals surface area contributed by atoms with E-state index in [1.807, 2.05) is 4.72 Å². The summed E-state index contributed by atoms with van der Waals surface area (Å²) in [6.45, 7) is 0. The molecular formula is C13H8ClF4NO2S. The van der Waals surface area contributed by atoms with Gasteiger partial charge in [0, 0.05) is 5.02 Å². The van der Waals surface area contributed by atoms with Gasteiger partial charge in [0.15, 0.2) is 0 Å². The number of anilines is 1. The number of hydrogen-bond acceptors (Lipinski definition) is 2. The van der Waals surface area contributed by atoms with Crippen LogP contribution in [0, 0.1) is 5.82 Å². The van der Waals surface area contributed by atoms with Crippen molar-refractivity contribution in [3.63, 3.8) is 0 Å². The Morgan fingerprint density at radius 2 is 1.73 bits per heavy atom. The summed E-state index contributed by atoms with van der Waals surface area (Å²) < 4.78 is 77.3. The second-order valence-corrected chi connectivity index (χ2v) is 6.37. The molecule has 0 heterocycles. The van der Waals surface area contributed by atoms with E-state index in [0.29, 0.717) is 6.07 Å². The molecule has 0 bridgehead atoms. The summed E-state index contributed by atoms with van der Waals surface area (Å²) in [5.41, 5.74) is -1.58. The summed E-state index contributed by atoms with van der Waals surface area (Å²) in [5, 5.41) is 0.0724. The number of sulfonamides is 1. The Hall–Kier alpha value is -1.80. The van der Waals surface area contributed by atoms with Gasteiger partial charge in [-0.2, -0.15) is 13.2 Å². The third kappa shape index (κ3) is 3.69. The van der Waals surface area contributed by atoms with E-state index in [0.717, 1.165) is 30.3 Å². The van der Waals surface area contributed by atoms with E-state index in [1.165, 1.54) is 6.07 Å². The lowest BCUT2D eigenvalue weighted by molar-refractivity contribution is -0.137. The Balaban J connectivity index is 2.41. The third-order valence-electron chi connectivity index (χ3n) is 2.64. The molecule has 0 saturated carbocycles. The highest BCUT2D eigenvalue weighted by molar-refractivity contribution is 7.92. The van der Waals surface area contributed by atoms with Gasteiger partial charge in [0.25, 0.3) is 10.0 Å². The topological polar surface area (TPSA) is 46.2 Å². The van der Waals surface area contributed by atoms with Crippen molar-refractivity contribution in [2.24, 2.45) is 0 Å². The first-order chi connectivity index (χ1) is 10.1. The van der Waals surface area contributed by atoms with E-state index in [9.17, 15) is 26.0 Å². The Kier molecular flexibility index (Phi) is 4.35. The van der Waals surface area contributed by atoms with Crippen LogP contribution in [-0.4, -0.2) is 8.42 Å². The van der Waals surface area contributed by atoms with Crippen LogP contribution in [0.15, 0.2) is 47.4 Å². The molecule has 2 aromatic carbocycles. The molecule has 22 heavy (non-hydrogen) atoms. The number of nitrogens with one attached hydrogen (secondary N) is 1. The number of benzene rings is 2. The number of alkyl halides is 3. The van der Waals surface area contributed by atoms with Crippen molar-refractivity contribution in [1.82, 2.24) is 0 Å². The second-order valence-electron chi connectivity index (χ2n) is 4.26. The minimum Gasteiger partial charge on any atom is -0.277 e. The van der Waals surface area contributed by atoms with Gasteiger partial charge in [-0.3, -0.25) is 4.72 Å². The molecule has 0 spiro atoms. The normalized spacial score (nSPS) is 12.2. The highest BCUT2D eigenvalue weighted by Gasteiger charge is 2.31. The van der Waals surface area contributed by atoms with Crippen molar-refractivity contribution in [2.45, 2.75) is 11.1 Å². The van der Waals surface area contributed by atoms with Crippen molar-refractivity contribution in [1.29, 1.82) is 0 Å². The molecular weight excluding hydrogens is 346 g/mol. The highest BCUT2D eigenvalue weighted by atomic mass is 35.5. The fourth-order valence-electron chi connectivity index (χ4n) is 1.62. The molecule has 0 aliphatic heterocycles. The van der Waals surface area contributed by atoms with E-state index >= 15 is 0 Å². The predicted octanol–water partition coefficient (Wildman–Crippen LogP) is 4.30. The summed E-state index contributed by atoms with van der Waals surface area (Å²) >= 11 is 5.63. The molecule has 0 amide bonds. The smallest absolute Gasteiger partial charge is 0.277 e. The zero-order valence-corrected chi connectivity index (χ0v) is 12.2. The fraction of sp³-hybridized carbons (Fsp3) is 0.0769. The summed E-state index contributed by atoms with van der Waals surface area (Å²) in [5.74, 6) is -0.903. The van der Waals surface area contributed by atoms with E-state index in [1.54, 1.807) is 0 Å². The molecule has 3 nitrogen and oxygen atoms in total. The molecule has 0 atom stereocenters. The largest absolute Gasteiger partial charge is 0.416 e. The minimum atomic E-state index is -4.69. The predicted molar refractivity (Wildman–Crippen MR) is 73.7 cm³/mol. The standard InChI is InChI=1S/C13H8ClF4NO2S/c14-9-4-5-11(15)12(7-9)19-22(20,21)10-3-1-2-8(6-10)13(16,17)18/h1-7,19H. The molecule has 0 saturated heterocycles. The van der Waals surface area contributed by atoms with Gasteiger partial charge in [-0.15, -0.1) is 0 Å². The molecule has 0 aliphatic rings. The number of rotatable bonds is 3. The molecule has 2 rings (SSSR count). The molecule has 0 unspecified atom stereocenters. The average molecular weight is 354 g/mol. The average Bonchev–Trinajstić information content (AvgIpc) is 2.42. The van der Waals surface area contributed by atoms with Crippen LogP contribution in [0.2, 0.25) is 5.02 Å². The first-order valence-electron chi connectivity index (χ1n) is 5.75. The second kappa shape index (κ2) is 5.77. The Bertz CT molecular complexity index is 806. The summed E-state index contributed by atoms with van der Waals surface area (Å²) in [4.78, 5) is -0.637. The summed E-state index contributed by atoms with van der Waals surface area (Å²) in [6.07, 6.45) is -4.69. The van der Waals surface area contributed by atoms with Gasteiger partial charge < -0.3 is 0 Å². The molecule has 1 N–H and O–H groups in total. The van der Waals surface area contributed by atoms with Crippen molar-refractivity contribution in [3.05, 3.63) is 58.9 Å². The first-order valence-corrected chi connectivity index (χ1v) is 7.61. The van der Waals surface area contributed by atoms with E-state index in [-0.39, 0.29) is 5.02 Å². The van der Waals surface area contributed by atoms with E-state index < -0.39 is 38.2 Å². The zero-order valence-electron chi connectivity index (χ0n) is 10.7. The van der Waals surface area contributed by atoms with E-state index in [2.05, 4.69) is 0 Å². The Morgan fingerprint density at radius 1 is 1.05 bits per heavy atom. The molecule has 118 valence electrons. The molecule has 0 aromatic heterocycles. The Labute approximate surface area is 128 Å². The molecule has 9 heteroatoms. The van der Waals surface area contributed by atoms with Gasteiger partial charge in [0.1, 0.15) is 5.82 Å². The van der Waals surface area contributed by atoms with Gasteiger partial charge in [0.2, 0.25) is 0 Å². The third-order valence-corrected chi connectivity index (χ3v) is 4.24. The molecule has 0 fully saturated rings. The zero-order chi connectivity index (χ0) is 16.5. The summed E-state index contributed by atoms with van der Waals surface area (Å²) in [7, 11) is -4.38. The lowest BCUT2D eigenvalue weighted by Crippen LogP contribution is -2.15. The van der Waals surface area contributed by atoms with Crippen molar-refractivity contribution >= 4 is 27.3 Å². The van der Waals surface area contributed by atoms with Crippen LogP contribution in [0.3, 0.4) is 0 Å². The lowest BCUT2D eigenvalue weighted by Gasteiger charge is -2.11. The quantitative estimate of drug-likeness (QED) is 0.836. The van der Waals surface area contributed by atoms with Gasteiger partial charge in [0.05, 0.1) is 16.1 Å². The Morgan fingerprint density at radius 3 is 2.36 bits per heavy atom. The lowest BCUT2D eigenvalue weighted by atomic mass is 10.2. The highest BCUT2D eigenvalue weighted by Crippen LogP contribution is 2.31. The number of halogens is 5. The molecule has 0 radical (unpaired) electrons. The van der Waals surface area contributed by atoms with Crippen LogP contribution in [0.4, 0.5) is 23.2 Å². The van der Waals surface area contributed by atoms with E-state index in [4.69, 9.17) is 11.6 Å². The van der Waals surface area contributed by atoms with Crippen LogP contribution in [0.5, 0.6) is 0 Å². The van der Waals surface area contributed by atoms with Gasteiger partial charge >= 0.3 is 6.18 Å². The first kappa shape index (κ1) is 16.6. The maximum absolute atomic E-state index is 13.5.